The highest BCUT2D eigenvalue weighted by molar-refractivity contribution is 9.10. The molecule has 0 spiro atoms. The van der Waals surface area contributed by atoms with E-state index in [-0.39, 0.29) is 11.4 Å². The van der Waals surface area contributed by atoms with Crippen LogP contribution < -0.4 is 0 Å². The molecule has 0 fully saturated rings. The van der Waals surface area contributed by atoms with Crippen LogP contribution in [0.25, 0.3) is 56.5 Å². The Hall–Kier alpha value is -4.75. The van der Waals surface area contributed by atoms with Crippen molar-refractivity contribution in [2.75, 3.05) is 7.11 Å². The summed E-state index contributed by atoms with van der Waals surface area (Å²) in [5.74, 6) is -0.366. The summed E-state index contributed by atoms with van der Waals surface area (Å²) in [4.78, 5) is 26.1. The van der Waals surface area contributed by atoms with E-state index in [0.29, 0.717) is 5.56 Å². The average molecular weight is 644 g/mol. The number of H-pyrrole nitrogens is 1. The highest BCUT2D eigenvalue weighted by Crippen LogP contribution is 2.37. The van der Waals surface area contributed by atoms with E-state index >= 15 is 0 Å². The number of ether oxygens (including phenoxy) is 1. The van der Waals surface area contributed by atoms with Crippen LogP contribution in [0, 0.1) is 0 Å². The first-order valence-corrected chi connectivity index (χ1v) is 15.3. The third-order valence-electron chi connectivity index (χ3n) is 8.42. The van der Waals surface area contributed by atoms with Gasteiger partial charge in [0.15, 0.2) is 0 Å². The number of hydrogen-bond acceptors (Lipinski definition) is 4. The normalized spacial score (nSPS) is 13.7. The summed E-state index contributed by atoms with van der Waals surface area (Å²) in [5.41, 5.74) is 12.3. The van der Waals surface area contributed by atoms with Crippen LogP contribution in [0.1, 0.15) is 47.0 Å². The number of esters is 1. The largest absolute Gasteiger partial charge is 0.465 e. The number of aromatic nitrogens is 4. The van der Waals surface area contributed by atoms with Crippen molar-refractivity contribution in [3.05, 3.63) is 118 Å². The van der Waals surface area contributed by atoms with Crippen LogP contribution in [0.15, 0.2) is 89.4 Å². The standard InChI is InChI=1S/C37H31BrN4O2/c1-37(2)21-27-18-32-29(38)20-33(42(32)3)35(23-10-12-24(13-11-23)36(43)44-4)30-15-14-25(39-30)17-31-28(22-8-6-5-7-9-22)16-26(40-31)19-34(37)41-27/h5-20,40H,21H2,1-4H3. The number of nitrogens with zero attached hydrogens (tertiary/aromatic N) is 3. The van der Waals surface area contributed by atoms with Crippen LogP contribution >= 0.6 is 15.9 Å². The molecule has 5 heterocycles. The molecule has 0 saturated heterocycles. The van der Waals surface area contributed by atoms with Crippen molar-refractivity contribution in [2.45, 2.75) is 25.7 Å². The highest BCUT2D eigenvalue weighted by atomic mass is 79.9. The fraction of sp³-hybridized carbons (Fsp3) is 0.162. The van der Waals surface area contributed by atoms with Gasteiger partial charge in [0.2, 0.25) is 0 Å². The maximum atomic E-state index is 12.2. The van der Waals surface area contributed by atoms with Crippen molar-refractivity contribution in [1.82, 2.24) is 19.5 Å². The number of aromatic amines is 1. The number of halogens is 1. The predicted octanol–water partition coefficient (Wildman–Crippen LogP) is 8.90. The lowest BCUT2D eigenvalue weighted by molar-refractivity contribution is 0.0600. The molecule has 1 N–H and O–H groups in total. The van der Waals surface area contributed by atoms with Crippen molar-refractivity contribution in [2.24, 2.45) is 7.05 Å². The summed E-state index contributed by atoms with van der Waals surface area (Å²) in [6, 6.07) is 28.7. The lowest BCUT2D eigenvalue weighted by Gasteiger charge is -2.15. The Morgan fingerprint density at radius 3 is 2.43 bits per heavy atom. The van der Waals surface area contributed by atoms with Gasteiger partial charge < -0.3 is 14.3 Å². The molecule has 0 atom stereocenters. The van der Waals surface area contributed by atoms with E-state index in [0.717, 1.165) is 78.0 Å². The quantitative estimate of drug-likeness (QED) is 0.196. The number of hydrogen-bond donors (Lipinski definition) is 1. The second kappa shape index (κ2) is 10.8. The maximum Gasteiger partial charge on any atom is 0.337 e. The van der Waals surface area contributed by atoms with Crippen molar-refractivity contribution < 1.29 is 9.53 Å². The fourth-order valence-electron chi connectivity index (χ4n) is 6.09. The molecule has 2 aliphatic rings. The molecule has 0 amide bonds. The number of carbonyl (C=O) groups excluding carboxylic acids is 1. The van der Waals surface area contributed by atoms with Crippen molar-refractivity contribution >= 4 is 56.1 Å². The molecular weight excluding hydrogens is 612 g/mol. The summed E-state index contributed by atoms with van der Waals surface area (Å²) in [5, 5.41) is 0. The van der Waals surface area contributed by atoms with Crippen LogP contribution in [0.3, 0.4) is 0 Å². The van der Waals surface area contributed by atoms with Gasteiger partial charge in [-0.1, -0.05) is 56.3 Å². The monoisotopic (exact) mass is 642 g/mol. The topological polar surface area (TPSA) is 72.8 Å². The molecule has 5 aromatic rings. The molecule has 0 unspecified atom stereocenters. The number of aryl methyl sites for hydroxylation is 1. The van der Waals surface area contributed by atoms with Crippen LogP contribution in [0.5, 0.6) is 0 Å². The first kappa shape index (κ1) is 28.0. The van der Waals surface area contributed by atoms with Crippen molar-refractivity contribution in [3.63, 3.8) is 0 Å². The third kappa shape index (κ3) is 4.97. The van der Waals surface area contributed by atoms with Gasteiger partial charge in [0, 0.05) is 56.9 Å². The van der Waals surface area contributed by atoms with Crippen LogP contribution in [-0.4, -0.2) is 32.6 Å². The Morgan fingerprint density at radius 1 is 0.909 bits per heavy atom. The Morgan fingerprint density at radius 2 is 1.68 bits per heavy atom. The van der Waals surface area contributed by atoms with E-state index in [4.69, 9.17) is 14.7 Å². The van der Waals surface area contributed by atoms with Gasteiger partial charge in [0.25, 0.3) is 0 Å². The molecule has 7 heteroatoms. The lowest BCUT2D eigenvalue weighted by Crippen LogP contribution is -2.14. The van der Waals surface area contributed by atoms with E-state index in [1.807, 2.05) is 24.3 Å². The Kier molecular flexibility index (Phi) is 6.85. The molecule has 0 radical (unpaired) electrons. The van der Waals surface area contributed by atoms with Gasteiger partial charge >= 0.3 is 5.97 Å². The van der Waals surface area contributed by atoms with Gasteiger partial charge in [-0.3, -0.25) is 4.98 Å². The molecule has 0 aliphatic carbocycles. The summed E-state index contributed by atoms with van der Waals surface area (Å²) in [6.45, 7) is 4.49. The van der Waals surface area contributed by atoms with Gasteiger partial charge in [0.1, 0.15) is 0 Å². The predicted molar refractivity (Wildman–Crippen MR) is 181 cm³/mol. The zero-order valence-electron chi connectivity index (χ0n) is 25.0. The zero-order valence-corrected chi connectivity index (χ0v) is 26.6. The number of benzene rings is 2. The first-order chi connectivity index (χ1) is 21.2. The molecule has 0 saturated carbocycles. The van der Waals surface area contributed by atoms with Crippen LogP contribution in [0.2, 0.25) is 0 Å². The van der Waals surface area contributed by atoms with Gasteiger partial charge in [-0.05, 0) is 81.7 Å². The number of methoxy groups -OCH3 is 1. The summed E-state index contributed by atoms with van der Waals surface area (Å²) in [6.07, 6.45) is 4.93. The van der Waals surface area contributed by atoms with Gasteiger partial charge in [-0.15, -0.1) is 0 Å². The first-order valence-electron chi connectivity index (χ1n) is 14.5. The zero-order chi connectivity index (χ0) is 30.6. The van der Waals surface area contributed by atoms with E-state index < -0.39 is 0 Å². The SMILES string of the molecule is COC(=O)c1ccc(-c2c3nc(cc4[nH]c(cc5nc(cc6c(Br)cc2n6C)CC5(C)C)cc4-c2ccccc2)C=C3)cc1. The summed E-state index contributed by atoms with van der Waals surface area (Å²) >= 11 is 3.84. The Bertz CT molecular complexity index is 2140. The van der Waals surface area contributed by atoms with Crippen LogP contribution in [-0.2, 0) is 23.6 Å². The second-order valence-electron chi connectivity index (χ2n) is 11.9. The molecule has 3 aromatic heterocycles. The number of carbonyl (C=O) groups is 1. The van der Waals surface area contributed by atoms with Crippen LogP contribution in [0.4, 0.5) is 0 Å². The summed E-state index contributed by atoms with van der Waals surface area (Å²) in [7, 11) is 3.46. The lowest BCUT2D eigenvalue weighted by atomic mass is 9.87. The van der Waals surface area contributed by atoms with Crippen molar-refractivity contribution in [1.29, 1.82) is 0 Å². The van der Waals surface area contributed by atoms with Gasteiger partial charge in [-0.25, -0.2) is 9.78 Å². The minimum atomic E-state index is -0.366. The number of fused-ring (bicyclic) bond motifs is 8. The molecule has 2 aliphatic heterocycles. The average Bonchev–Trinajstić information content (AvgIpc) is 3.77. The summed E-state index contributed by atoms with van der Waals surface area (Å²) < 4.78 is 8.09. The van der Waals surface area contributed by atoms with E-state index in [1.54, 1.807) is 12.1 Å². The highest BCUT2D eigenvalue weighted by Gasteiger charge is 2.28. The van der Waals surface area contributed by atoms with Gasteiger partial charge in [-0.2, -0.15) is 0 Å². The molecule has 7 rings (SSSR count). The molecule has 44 heavy (non-hydrogen) atoms. The van der Waals surface area contributed by atoms with E-state index in [9.17, 15) is 4.79 Å². The van der Waals surface area contributed by atoms with Gasteiger partial charge in [0.05, 0.1) is 35.1 Å². The second-order valence-corrected chi connectivity index (χ2v) is 12.8. The number of nitrogens with one attached hydrogen (secondary N) is 1. The maximum absolute atomic E-state index is 12.2. The molecule has 6 nitrogen and oxygen atoms in total. The Balaban J connectivity index is 1.59. The fourth-order valence-corrected chi connectivity index (χ4v) is 6.69. The third-order valence-corrected chi connectivity index (χ3v) is 9.06. The molecule has 2 aromatic carbocycles. The molecule has 218 valence electrons. The smallest absolute Gasteiger partial charge is 0.337 e. The molecule has 8 bridgehead atoms. The van der Waals surface area contributed by atoms with E-state index in [1.165, 1.54) is 7.11 Å². The minimum Gasteiger partial charge on any atom is -0.465 e. The van der Waals surface area contributed by atoms with E-state index in [2.05, 4.69) is 107 Å². The van der Waals surface area contributed by atoms with Crippen molar-refractivity contribution in [3.8, 4) is 22.3 Å². The Labute approximate surface area is 264 Å². The minimum absolute atomic E-state index is 0.122. The number of rotatable bonds is 3. The molecular formula is C37H31BrN4O2.